The molecule has 0 amide bonds. The van der Waals surface area contributed by atoms with Crippen molar-refractivity contribution in [2.24, 2.45) is 0 Å². The number of hydrogen-bond donors (Lipinski definition) is 2. The lowest BCUT2D eigenvalue weighted by molar-refractivity contribution is 0.0519. The Hall–Kier alpha value is -1.70. The molecule has 0 saturated heterocycles. The highest BCUT2D eigenvalue weighted by Crippen LogP contribution is 2.37. The largest absolute Gasteiger partial charge is 0.496 e. The molecule has 1 atom stereocenters. The smallest absolute Gasteiger partial charge is 0.145 e. The van der Waals surface area contributed by atoms with Crippen molar-refractivity contribution in [3.05, 3.63) is 22.3 Å². The lowest BCUT2D eigenvalue weighted by atomic mass is 9.96. The first-order chi connectivity index (χ1) is 9.29. The first kappa shape index (κ1) is 16.4. The summed E-state index contributed by atoms with van der Waals surface area (Å²) in [5.41, 5.74) is 2.03. The zero-order chi connectivity index (χ0) is 15.5. The predicted octanol–water partition coefficient (Wildman–Crippen LogP) is 1.72. The Labute approximate surface area is 120 Å². The maximum absolute atomic E-state index is 9.79. The van der Waals surface area contributed by atoms with E-state index in [1.165, 1.54) is 6.92 Å². The van der Waals surface area contributed by atoms with Crippen LogP contribution in [0.3, 0.4) is 0 Å². The number of rotatable bonds is 3. The first-order valence-electron chi connectivity index (χ1n) is 6.37. The van der Waals surface area contributed by atoms with Gasteiger partial charge in [0.1, 0.15) is 17.1 Å². The van der Waals surface area contributed by atoms with Crippen LogP contribution in [-0.2, 0) is 0 Å². The summed E-state index contributed by atoms with van der Waals surface area (Å²) < 4.78 is 10.9. The molecule has 0 bridgehead atoms. The second kappa shape index (κ2) is 6.17. The molecular formula is C16H22O4. The fraction of sp³-hybridized carbons (Fsp3) is 0.500. The van der Waals surface area contributed by atoms with Gasteiger partial charge in [-0.25, -0.2) is 0 Å². The van der Waals surface area contributed by atoms with Crippen LogP contribution in [0.5, 0.6) is 11.5 Å². The Morgan fingerprint density at radius 2 is 1.50 bits per heavy atom. The number of ether oxygens (including phenoxy) is 2. The van der Waals surface area contributed by atoms with Crippen molar-refractivity contribution < 1.29 is 19.7 Å². The molecule has 0 unspecified atom stereocenters. The highest BCUT2D eigenvalue weighted by molar-refractivity contribution is 5.63. The van der Waals surface area contributed by atoms with E-state index < -0.39 is 12.2 Å². The average Bonchev–Trinajstić information content (AvgIpc) is 2.42. The minimum Gasteiger partial charge on any atom is -0.496 e. The quantitative estimate of drug-likeness (QED) is 0.827. The Balaban J connectivity index is 3.57. The standard InChI is InChI=1S/C16H22O4/c1-10-11(2)15(20-6)13(12(3)14(10)19-5)7-8-16(4,18)9-17/h17-18H,9H2,1-6H3/t16-/m0/s1. The molecule has 0 aromatic heterocycles. The van der Waals surface area contributed by atoms with E-state index in [9.17, 15) is 5.11 Å². The van der Waals surface area contributed by atoms with Gasteiger partial charge in [-0.1, -0.05) is 11.8 Å². The fourth-order valence-electron chi connectivity index (χ4n) is 2.04. The van der Waals surface area contributed by atoms with Crippen LogP contribution in [0, 0.1) is 32.6 Å². The summed E-state index contributed by atoms with van der Waals surface area (Å²) in [6, 6.07) is 0. The predicted molar refractivity (Wildman–Crippen MR) is 78.3 cm³/mol. The summed E-state index contributed by atoms with van der Waals surface area (Å²) in [7, 11) is 3.20. The third kappa shape index (κ3) is 3.06. The van der Waals surface area contributed by atoms with Crippen LogP contribution >= 0.6 is 0 Å². The number of benzene rings is 1. The molecule has 0 aliphatic carbocycles. The molecule has 110 valence electrons. The van der Waals surface area contributed by atoms with Gasteiger partial charge in [0, 0.05) is 5.56 Å². The lowest BCUT2D eigenvalue weighted by Crippen LogP contribution is -2.26. The maximum atomic E-state index is 9.79. The maximum Gasteiger partial charge on any atom is 0.145 e. The van der Waals surface area contributed by atoms with E-state index >= 15 is 0 Å². The van der Waals surface area contributed by atoms with E-state index in [2.05, 4.69) is 11.8 Å². The second-order valence-electron chi connectivity index (χ2n) is 5.00. The highest BCUT2D eigenvalue weighted by atomic mass is 16.5. The van der Waals surface area contributed by atoms with Crippen molar-refractivity contribution >= 4 is 0 Å². The van der Waals surface area contributed by atoms with Gasteiger partial charge in [-0.2, -0.15) is 0 Å². The van der Waals surface area contributed by atoms with Crippen molar-refractivity contribution in [2.75, 3.05) is 20.8 Å². The van der Waals surface area contributed by atoms with Crippen molar-refractivity contribution in [3.63, 3.8) is 0 Å². The van der Waals surface area contributed by atoms with Gasteiger partial charge < -0.3 is 19.7 Å². The highest BCUT2D eigenvalue weighted by Gasteiger charge is 2.19. The van der Waals surface area contributed by atoms with E-state index in [0.29, 0.717) is 11.3 Å². The van der Waals surface area contributed by atoms with Gasteiger partial charge in [-0.15, -0.1) is 0 Å². The summed E-state index contributed by atoms with van der Waals surface area (Å²) in [4.78, 5) is 0. The van der Waals surface area contributed by atoms with Crippen molar-refractivity contribution in [1.29, 1.82) is 0 Å². The van der Waals surface area contributed by atoms with Gasteiger partial charge in [-0.3, -0.25) is 0 Å². The van der Waals surface area contributed by atoms with Gasteiger partial charge in [-0.05, 0) is 38.8 Å². The SMILES string of the molecule is COc1c(C)c(C)c(OC)c(C#C[C@](C)(O)CO)c1C. The molecule has 0 saturated carbocycles. The lowest BCUT2D eigenvalue weighted by Gasteiger charge is -2.18. The van der Waals surface area contributed by atoms with E-state index in [4.69, 9.17) is 14.6 Å². The van der Waals surface area contributed by atoms with Crippen LogP contribution in [0.2, 0.25) is 0 Å². The summed E-state index contributed by atoms with van der Waals surface area (Å²) in [6.45, 7) is 6.82. The molecule has 4 heteroatoms. The van der Waals surface area contributed by atoms with Gasteiger partial charge in [0.25, 0.3) is 0 Å². The molecule has 1 aromatic carbocycles. The molecule has 0 fully saturated rings. The molecule has 0 aliphatic heterocycles. The van der Waals surface area contributed by atoms with E-state index in [-0.39, 0.29) is 0 Å². The van der Waals surface area contributed by atoms with E-state index in [0.717, 1.165) is 22.4 Å². The molecular weight excluding hydrogens is 256 g/mol. The molecule has 0 heterocycles. The van der Waals surface area contributed by atoms with Crippen molar-refractivity contribution in [2.45, 2.75) is 33.3 Å². The van der Waals surface area contributed by atoms with Crippen LogP contribution in [0.25, 0.3) is 0 Å². The Bertz CT molecular complexity index is 562. The normalized spacial score (nSPS) is 13.2. The van der Waals surface area contributed by atoms with Crippen molar-refractivity contribution in [1.82, 2.24) is 0 Å². The third-order valence-electron chi connectivity index (χ3n) is 3.36. The Morgan fingerprint density at radius 1 is 1.00 bits per heavy atom. The summed E-state index contributed by atoms with van der Waals surface area (Å²) >= 11 is 0. The van der Waals surface area contributed by atoms with Gasteiger partial charge in [0.2, 0.25) is 0 Å². The molecule has 1 rings (SSSR count). The fourth-order valence-corrected chi connectivity index (χ4v) is 2.04. The monoisotopic (exact) mass is 278 g/mol. The first-order valence-corrected chi connectivity index (χ1v) is 6.37. The topological polar surface area (TPSA) is 58.9 Å². The summed E-state index contributed by atoms with van der Waals surface area (Å²) in [5, 5.41) is 18.9. The van der Waals surface area contributed by atoms with E-state index in [1.54, 1.807) is 14.2 Å². The second-order valence-corrected chi connectivity index (χ2v) is 5.00. The Morgan fingerprint density at radius 3 is 1.95 bits per heavy atom. The van der Waals surface area contributed by atoms with Crippen LogP contribution in [0.4, 0.5) is 0 Å². The number of aliphatic hydroxyl groups is 2. The molecule has 0 radical (unpaired) electrons. The van der Waals surface area contributed by atoms with Crippen molar-refractivity contribution in [3.8, 4) is 23.3 Å². The van der Waals surface area contributed by atoms with Crippen LogP contribution < -0.4 is 9.47 Å². The van der Waals surface area contributed by atoms with Crippen LogP contribution in [-0.4, -0.2) is 36.6 Å². The van der Waals surface area contributed by atoms with E-state index in [1.807, 2.05) is 20.8 Å². The van der Waals surface area contributed by atoms with Crippen LogP contribution in [0.15, 0.2) is 0 Å². The van der Waals surface area contributed by atoms with Gasteiger partial charge in [0.05, 0.1) is 26.4 Å². The minimum absolute atomic E-state index is 0.427. The molecule has 1 aromatic rings. The summed E-state index contributed by atoms with van der Waals surface area (Å²) in [5.74, 6) is 6.99. The molecule has 0 aliphatic rings. The zero-order valence-electron chi connectivity index (χ0n) is 12.9. The molecule has 0 spiro atoms. The number of hydrogen-bond acceptors (Lipinski definition) is 4. The number of methoxy groups -OCH3 is 2. The van der Waals surface area contributed by atoms with Crippen LogP contribution in [0.1, 0.15) is 29.2 Å². The molecule has 4 nitrogen and oxygen atoms in total. The summed E-state index contributed by atoms with van der Waals surface area (Å²) in [6.07, 6.45) is 0. The van der Waals surface area contributed by atoms with Gasteiger partial charge in [0.15, 0.2) is 0 Å². The number of aliphatic hydroxyl groups excluding tert-OH is 1. The minimum atomic E-state index is -1.44. The zero-order valence-corrected chi connectivity index (χ0v) is 12.9. The molecule has 2 N–H and O–H groups in total. The van der Waals surface area contributed by atoms with Gasteiger partial charge >= 0.3 is 0 Å². The Kier molecular flexibility index (Phi) is 5.04. The third-order valence-corrected chi connectivity index (χ3v) is 3.36. The average molecular weight is 278 g/mol. The molecule has 20 heavy (non-hydrogen) atoms.